The van der Waals surface area contributed by atoms with Crippen LogP contribution in [0.15, 0.2) is 84.9 Å². The average Bonchev–Trinajstić information content (AvgIpc) is 2.67. The molecule has 0 spiro atoms. The van der Waals surface area contributed by atoms with Crippen molar-refractivity contribution in [1.82, 2.24) is 0 Å². The molecule has 0 aromatic heterocycles. The highest BCUT2D eigenvalue weighted by molar-refractivity contribution is 5.57. The Labute approximate surface area is 142 Å². The van der Waals surface area contributed by atoms with E-state index >= 15 is 0 Å². The van der Waals surface area contributed by atoms with E-state index in [9.17, 15) is 5.11 Å². The molecule has 3 aromatic rings. The van der Waals surface area contributed by atoms with Crippen molar-refractivity contribution in [3.8, 4) is 5.75 Å². The maximum absolute atomic E-state index is 11.0. The molecule has 0 saturated carbocycles. The van der Waals surface area contributed by atoms with Gasteiger partial charge in [0.25, 0.3) is 0 Å². The van der Waals surface area contributed by atoms with Gasteiger partial charge in [-0.1, -0.05) is 72.8 Å². The van der Waals surface area contributed by atoms with Crippen molar-refractivity contribution >= 4 is 5.69 Å². The van der Waals surface area contributed by atoms with Crippen LogP contribution in [-0.4, -0.2) is 12.2 Å². The fourth-order valence-electron chi connectivity index (χ4n) is 2.78. The molecule has 2 unspecified atom stereocenters. The van der Waals surface area contributed by atoms with Gasteiger partial charge in [0.05, 0.1) is 18.8 Å². The van der Waals surface area contributed by atoms with E-state index in [2.05, 4.69) is 5.32 Å². The summed E-state index contributed by atoms with van der Waals surface area (Å²) in [6.07, 6.45) is -0.682. The quantitative estimate of drug-likeness (QED) is 0.698. The van der Waals surface area contributed by atoms with Gasteiger partial charge in [-0.2, -0.15) is 0 Å². The number of ether oxygens (including phenoxy) is 1. The largest absolute Gasteiger partial charge is 0.495 e. The van der Waals surface area contributed by atoms with E-state index in [0.29, 0.717) is 0 Å². The third-order valence-corrected chi connectivity index (χ3v) is 4.03. The van der Waals surface area contributed by atoms with Crippen molar-refractivity contribution in [2.24, 2.45) is 0 Å². The number of para-hydroxylation sites is 2. The van der Waals surface area contributed by atoms with Crippen LogP contribution in [0, 0.1) is 0 Å². The second kappa shape index (κ2) is 7.66. The molecular formula is C21H21NO2. The zero-order valence-corrected chi connectivity index (χ0v) is 13.6. The molecule has 0 radical (unpaired) electrons. The van der Waals surface area contributed by atoms with Crippen molar-refractivity contribution in [2.75, 3.05) is 12.4 Å². The Hall–Kier alpha value is -2.78. The summed E-state index contributed by atoms with van der Waals surface area (Å²) in [5.41, 5.74) is 2.73. The fourth-order valence-corrected chi connectivity index (χ4v) is 2.78. The Bertz CT molecular complexity index is 759. The van der Waals surface area contributed by atoms with Crippen LogP contribution in [0.25, 0.3) is 0 Å². The second-order valence-electron chi connectivity index (χ2n) is 5.59. The minimum absolute atomic E-state index is 0.287. The number of nitrogens with one attached hydrogen (secondary N) is 1. The smallest absolute Gasteiger partial charge is 0.141 e. The summed E-state index contributed by atoms with van der Waals surface area (Å²) in [5.74, 6) is 0.749. The summed E-state index contributed by atoms with van der Waals surface area (Å²) in [7, 11) is 1.64. The lowest BCUT2D eigenvalue weighted by Gasteiger charge is -2.27. The first-order valence-electron chi connectivity index (χ1n) is 7.97. The molecular weight excluding hydrogens is 298 g/mol. The van der Waals surface area contributed by atoms with Gasteiger partial charge < -0.3 is 15.2 Å². The SMILES string of the molecule is COc1ccccc1NC(c1ccccc1)C(O)c1ccccc1. The molecule has 24 heavy (non-hydrogen) atoms. The van der Waals surface area contributed by atoms with Crippen molar-refractivity contribution < 1.29 is 9.84 Å². The van der Waals surface area contributed by atoms with Gasteiger partial charge in [-0.25, -0.2) is 0 Å². The average molecular weight is 319 g/mol. The van der Waals surface area contributed by atoms with Crippen molar-refractivity contribution in [3.05, 3.63) is 96.1 Å². The summed E-state index contributed by atoms with van der Waals surface area (Å²) in [4.78, 5) is 0. The van der Waals surface area contributed by atoms with Crippen LogP contribution in [0.4, 0.5) is 5.69 Å². The van der Waals surface area contributed by atoms with E-state index in [-0.39, 0.29) is 6.04 Å². The van der Waals surface area contributed by atoms with Crippen molar-refractivity contribution in [3.63, 3.8) is 0 Å². The third kappa shape index (κ3) is 3.58. The molecule has 3 aromatic carbocycles. The molecule has 0 aliphatic carbocycles. The Morgan fingerprint density at radius 1 is 0.750 bits per heavy atom. The van der Waals surface area contributed by atoms with E-state index in [1.807, 2.05) is 84.9 Å². The molecule has 0 bridgehead atoms. The minimum atomic E-state index is -0.682. The molecule has 3 heteroatoms. The first-order chi connectivity index (χ1) is 11.8. The van der Waals surface area contributed by atoms with Crippen LogP contribution in [0.1, 0.15) is 23.3 Å². The van der Waals surface area contributed by atoms with E-state index < -0.39 is 6.10 Å². The fraction of sp³-hybridized carbons (Fsp3) is 0.143. The third-order valence-electron chi connectivity index (χ3n) is 4.03. The molecule has 3 nitrogen and oxygen atoms in total. The highest BCUT2D eigenvalue weighted by atomic mass is 16.5. The highest BCUT2D eigenvalue weighted by Gasteiger charge is 2.23. The lowest BCUT2D eigenvalue weighted by atomic mass is 9.95. The van der Waals surface area contributed by atoms with E-state index in [1.165, 1.54) is 0 Å². The molecule has 0 heterocycles. The molecule has 0 aliphatic heterocycles. The summed E-state index contributed by atoms with van der Waals surface area (Å²) >= 11 is 0. The van der Waals surface area contributed by atoms with Gasteiger partial charge in [-0.05, 0) is 23.3 Å². The second-order valence-corrected chi connectivity index (χ2v) is 5.59. The lowest BCUT2D eigenvalue weighted by molar-refractivity contribution is 0.155. The Morgan fingerprint density at radius 2 is 1.29 bits per heavy atom. The summed E-state index contributed by atoms with van der Waals surface area (Å²) in [6, 6.07) is 27.1. The summed E-state index contributed by atoms with van der Waals surface area (Å²) in [6.45, 7) is 0. The number of anilines is 1. The number of rotatable bonds is 6. The van der Waals surface area contributed by atoms with Crippen LogP contribution in [0.5, 0.6) is 5.75 Å². The topological polar surface area (TPSA) is 41.5 Å². The van der Waals surface area contributed by atoms with Crippen LogP contribution >= 0.6 is 0 Å². The van der Waals surface area contributed by atoms with Crippen LogP contribution in [0.2, 0.25) is 0 Å². The van der Waals surface area contributed by atoms with Gasteiger partial charge in [-0.15, -0.1) is 0 Å². The van der Waals surface area contributed by atoms with Crippen LogP contribution < -0.4 is 10.1 Å². The Balaban J connectivity index is 1.97. The number of aliphatic hydroxyl groups is 1. The van der Waals surface area contributed by atoms with Gasteiger partial charge in [0.15, 0.2) is 0 Å². The van der Waals surface area contributed by atoms with E-state index in [1.54, 1.807) is 7.11 Å². The molecule has 0 fully saturated rings. The van der Waals surface area contributed by atoms with E-state index in [4.69, 9.17) is 4.74 Å². The lowest BCUT2D eigenvalue weighted by Crippen LogP contribution is -2.19. The Kier molecular flexibility index (Phi) is 5.14. The first-order valence-corrected chi connectivity index (χ1v) is 7.97. The first kappa shape index (κ1) is 16.1. The Morgan fingerprint density at radius 3 is 1.92 bits per heavy atom. The maximum Gasteiger partial charge on any atom is 0.141 e. The molecule has 0 saturated heterocycles. The van der Waals surface area contributed by atoms with Gasteiger partial charge in [0.1, 0.15) is 11.9 Å². The standard InChI is InChI=1S/C21H21NO2/c1-24-19-15-9-8-14-18(19)22-20(16-10-4-2-5-11-16)21(23)17-12-6-3-7-13-17/h2-15,20-23H,1H3. The maximum atomic E-state index is 11.0. The van der Waals surface area contributed by atoms with Crippen LogP contribution in [-0.2, 0) is 0 Å². The number of hydrogen-bond donors (Lipinski definition) is 2. The van der Waals surface area contributed by atoms with Crippen molar-refractivity contribution in [2.45, 2.75) is 12.1 Å². The predicted molar refractivity (Wildman–Crippen MR) is 97.2 cm³/mol. The molecule has 0 amide bonds. The summed E-state index contributed by atoms with van der Waals surface area (Å²) < 4.78 is 5.42. The normalized spacial score (nSPS) is 13.1. The highest BCUT2D eigenvalue weighted by Crippen LogP contribution is 2.35. The van der Waals surface area contributed by atoms with Crippen LogP contribution in [0.3, 0.4) is 0 Å². The number of aliphatic hydroxyl groups excluding tert-OH is 1. The molecule has 3 rings (SSSR count). The van der Waals surface area contributed by atoms with Gasteiger partial charge in [-0.3, -0.25) is 0 Å². The zero-order valence-electron chi connectivity index (χ0n) is 13.6. The molecule has 2 N–H and O–H groups in total. The van der Waals surface area contributed by atoms with Gasteiger partial charge in [0.2, 0.25) is 0 Å². The number of hydrogen-bond acceptors (Lipinski definition) is 3. The van der Waals surface area contributed by atoms with Gasteiger partial charge >= 0.3 is 0 Å². The van der Waals surface area contributed by atoms with Gasteiger partial charge in [0, 0.05) is 0 Å². The molecule has 122 valence electrons. The van der Waals surface area contributed by atoms with Crippen molar-refractivity contribution in [1.29, 1.82) is 0 Å². The predicted octanol–water partition coefficient (Wildman–Crippen LogP) is 4.58. The summed E-state index contributed by atoms with van der Waals surface area (Å²) in [5, 5.41) is 14.4. The van der Waals surface area contributed by atoms with E-state index in [0.717, 1.165) is 22.6 Å². The minimum Gasteiger partial charge on any atom is -0.495 e. The molecule has 2 atom stereocenters. The number of benzene rings is 3. The number of methoxy groups -OCH3 is 1. The molecule has 0 aliphatic rings. The zero-order chi connectivity index (χ0) is 16.8. The monoisotopic (exact) mass is 319 g/mol.